The number of nitrogens with zero attached hydrogens (tertiary/aromatic N) is 2. The molecule has 2 rings (SSSR count). The Morgan fingerprint density at radius 2 is 2.00 bits per heavy atom. The number of non-ortho nitro benzene ring substituents is 1. The zero-order valence-electron chi connectivity index (χ0n) is 10.4. The molecule has 5 nitrogen and oxygen atoms in total. The average molecular weight is 270 g/mol. The van der Waals surface area contributed by atoms with Crippen molar-refractivity contribution >= 4 is 23.0 Å². The average Bonchev–Trinajstić information content (AvgIpc) is 2.27. The number of rotatable bonds is 2. The van der Waals surface area contributed by atoms with Crippen LogP contribution in [0.3, 0.4) is 0 Å². The highest BCUT2D eigenvalue weighted by Gasteiger charge is 2.23. The van der Waals surface area contributed by atoms with E-state index in [0.29, 0.717) is 17.1 Å². The molecule has 98 valence electrons. The second-order valence-electron chi connectivity index (χ2n) is 4.77. The molecule has 1 N–H and O–H groups in total. The van der Waals surface area contributed by atoms with Gasteiger partial charge in [0.2, 0.25) is 0 Å². The minimum atomic E-state index is -0.432. The molecule has 0 spiro atoms. The molecule has 0 radical (unpaired) electrons. The number of hydrogen-bond acceptors (Lipinski definition) is 4. The number of hydrogen-bond donors (Lipinski definition) is 1. The van der Waals surface area contributed by atoms with Crippen molar-refractivity contribution in [2.75, 3.05) is 18.0 Å². The summed E-state index contributed by atoms with van der Waals surface area (Å²) in [5.41, 5.74) is 0.891. The van der Waals surface area contributed by atoms with E-state index >= 15 is 0 Å². The molecule has 0 unspecified atom stereocenters. The van der Waals surface area contributed by atoms with Crippen molar-refractivity contribution < 1.29 is 4.92 Å². The molecule has 1 aliphatic heterocycles. The standard InChI is InChI=1S/C12H16ClN3O2/c1-8-6-15(7-9(2)14-8)12-4-3-10(16(17)18)5-11(12)13/h3-5,8-9,14H,6-7H2,1-2H3/t8-,9+. The molecular formula is C12H16ClN3O2. The Morgan fingerprint density at radius 3 is 2.50 bits per heavy atom. The molecule has 1 aromatic carbocycles. The summed E-state index contributed by atoms with van der Waals surface area (Å²) in [7, 11) is 0. The highest BCUT2D eigenvalue weighted by atomic mass is 35.5. The smallest absolute Gasteiger partial charge is 0.271 e. The van der Waals surface area contributed by atoms with Gasteiger partial charge in [-0.05, 0) is 19.9 Å². The van der Waals surface area contributed by atoms with Crippen LogP contribution >= 0.6 is 11.6 Å². The predicted molar refractivity (Wildman–Crippen MR) is 72.4 cm³/mol. The van der Waals surface area contributed by atoms with Crippen LogP contribution in [0.1, 0.15) is 13.8 Å². The molecule has 1 aliphatic rings. The third-order valence-electron chi connectivity index (χ3n) is 3.04. The molecule has 0 bridgehead atoms. The molecule has 6 heteroatoms. The number of nitro benzene ring substituents is 1. The van der Waals surface area contributed by atoms with E-state index in [9.17, 15) is 10.1 Å². The van der Waals surface area contributed by atoms with Crippen LogP contribution in [0, 0.1) is 10.1 Å². The fourth-order valence-corrected chi connectivity index (χ4v) is 2.68. The van der Waals surface area contributed by atoms with Gasteiger partial charge < -0.3 is 10.2 Å². The van der Waals surface area contributed by atoms with Crippen LogP contribution in [0.5, 0.6) is 0 Å². The first-order valence-electron chi connectivity index (χ1n) is 5.92. The maximum Gasteiger partial charge on any atom is 0.271 e. The van der Waals surface area contributed by atoms with E-state index < -0.39 is 4.92 Å². The van der Waals surface area contributed by atoms with Crippen LogP contribution in [-0.2, 0) is 0 Å². The topological polar surface area (TPSA) is 58.4 Å². The van der Waals surface area contributed by atoms with E-state index in [4.69, 9.17) is 11.6 Å². The van der Waals surface area contributed by atoms with Crippen LogP contribution < -0.4 is 10.2 Å². The van der Waals surface area contributed by atoms with Gasteiger partial charge in [-0.25, -0.2) is 0 Å². The van der Waals surface area contributed by atoms with Gasteiger partial charge in [-0.3, -0.25) is 10.1 Å². The van der Waals surface area contributed by atoms with Crippen molar-refractivity contribution in [2.24, 2.45) is 0 Å². The zero-order valence-corrected chi connectivity index (χ0v) is 11.1. The second kappa shape index (κ2) is 5.12. The fraction of sp³-hybridized carbons (Fsp3) is 0.500. The summed E-state index contributed by atoms with van der Waals surface area (Å²) >= 11 is 6.14. The Hall–Kier alpha value is -1.33. The summed E-state index contributed by atoms with van der Waals surface area (Å²) in [6.45, 7) is 5.92. The number of anilines is 1. The Bertz CT molecular complexity index is 457. The Labute approximate surface area is 111 Å². The van der Waals surface area contributed by atoms with Crippen LogP contribution in [-0.4, -0.2) is 30.1 Å². The normalized spacial score (nSPS) is 24.1. The maximum atomic E-state index is 10.7. The van der Waals surface area contributed by atoms with E-state index in [0.717, 1.165) is 18.8 Å². The van der Waals surface area contributed by atoms with Crippen LogP contribution in [0.2, 0.25) is 5.02 Å². The Kier molecular flexibility index (Phi) is 3.73. The Balaban J connectivity index is 2.25. The third kappa shape index (κ3) is 2.73. The molecule has 1 fully saturated rings. The van der Waals surface area contributed by atoms with E-state index in [1.54, 1.807) is 6.07 Å². The minimum Gasteiger partial charge on any atom is -0.367 e. The summed E-state index contributed by atoms with van der Waals surface area (Å²) in [4.78, 5) is 12.4. The van der Waals surface area contributed by atoms with Gasteiger partial charge in [0, 0.05) is 37.3 Å². The summed E-state index contributed by atoms with van der Waals surface area (Å²) in [5, 5.41) is 14.5. The lowest BCUT2D eigenvalue weighted by molar-refractivity contribution is -0.384. The summed E-state index contributed by atoms with van der Waals surface area (Å²) < 4.78 is 0. The number of benzene rings is 1. The SMILES string of the molecule is C[C@@H]1CN(c2ccc([N+](=O)[O-])cc2Cl)C[C@H](C)N1. The molecule has 1 heterocycles. The van der Waals surface area contributed by atoms with Crippen molar-refractivity contribution in [3.63, 3.8) is 0 Å². The second-order valence-corrected chi connectivity index (χ2v) is 5.17. The molecule has 18 heavy (non-hydrogen) atoms. The van der Waals surface area contributed by atoms with Crippen molar-refractivity contribution in [3.05, 3.63) is 33.3 Å². The van der Waals surface area contributed by atoms with Gasteiger partial charge in [0.1, 0.15) is 0 Å². The maximum absolute atomic E-state index is 10.7. The van der Waals surface area contributed by atoms with Crippen LogP contribution in [0.4, 0.5) is 11.4 Å². The van der Waals surface area contributed by atoms with Crippen molar-refractivity contribution in [3.8, 4) is 0 Å². The van der Waals surface area contributed by atoms with Crippen LogP contribution in [0.15, 0.2) is 18.2 Å². The molecule has 1 saturated heterocycles. The van der Waals surface area contributed by atoms with Gasteiger partial charge in [0.25, 0.3) is 5.69 Å². The third-order valence-corrected chi connectivity index (χ3v) is 3.34. The molecule has 2 atom stereocenters. The highest BCUT2D eigenvalue weighted by Crippen LogP contribution is 2.30. The van der Waals surface area contributed by atoms with E-state index in [1.165, 1.54) is 12.1 Å². The quantitative estimate of drug-likeness (QED) is 0.662. The van der Waals surface area contributed by atoms with Gasteiger partial charge >= 0.3 is 0 Å². The van der Waals surface area contributed by atoms with E-state index in [1.807, 2.05) is 0 Å². The van der Waals surface area contributed by atoms with Crippen molar-refractivity contribution in [2.45, 2.75) is 25.9 Å². The first-order valence-corrected chi connectivity index (χ1v) is 6.30. The van der Waals surface area contributed by atoms with Crippen LogP contribution in [0.25, 0.3) is 0 Å². The number of halogens is 1. The highest BCUT2D eigenvalue weighted by molar-refractivity contribution is 6.33. The number of piperazine rings is 1. The van der Waals surface area contributed by atoms with E-state index in [-0.39, 0.29) is 5.69 Å². The number of nitrogens with one attached hydrogen (secondary N) is 1. The minimum absolute atomic E-state index is 0.0278. The van der Waals surface area contributed by atoms with Gasteiger partial charge in [-0.2, -0.15) is 0 Å². The predicted octanol–water partition coefficient (Wildman–Crippen LogP) is 2.43. The summed E-state index contributed by atoms with van der Waals surface area (Å²) in [5.74, 6) is 0. The van der Waals surface area contributed by atoms with Gasteiger partial charge in [0.15, 0.2) is 0 Å². The summed E-state index contributed by atoms with van der Waals surface area (Å²) in [6, 6.07) is 5.39. The molecule has 1 aromatic rings. The fourth-order valence-electron chi connectivity index (χ4n) is 2.39. The largest absolute Gasteiger partial charge is 0.367 e. The molecular weight excluding hydrogens is 254 g/mol. The van der Waals surface area contributed by atoms with Gasteiger partial charge in [0.05, 0.1) is 15.6 Å². The van der Waals surface area contributed by atoms with Crippen molar-refractivity contribution in [1.82, 2.24) is 5.32 Å². The van der Waals surface area contributed by atoms with E-state index in [2.05, 4.69) is 24.1 Å². The zero-order chi connectivity index (χ0) is 13.3. The summed E-state index contributed by atoms with van der Waals surface area (Å²) in [6.07, 6.45) is 0. The first-order chi connectivity index (χ1) is 8.47. The molecule has 0 saturated carbocycles. The first kappa shape index (κ1) is 13.1. The molecule has 0 aliphatic carbocycles. The van der Waals surface area contributed by atoms with Gasteiger partial charge in [-0.15, -0.1) is 0 Å². The monoisotopic (exact) mass is 269 g/mol. The van der Waals surface area contributed by atoms with Gasteiger partial charge in [-0.1, -0.05) is 11.6 Å². The molecule has 0 aromatic heterocycles. The lowest BCUT2D eigenvalue weighted by Gasteiger charge is -2.38. The van der Waals surface area contributed by atoms with Crippen molar-refractivity contribution in [1.29, 1.82) is 0 Å². The lowest BCUT2D eigenvalue weighted by Crippen LogP contribution is -2.54. The number of nitro groups is 1. The Morgan fingerprint density at radius 1 is 1.39 bits per heavy atom. The molecule has 0 amide bonds. The lowest BCUT2D eigenvalue weighted by atomic mass is 10.1.